The molecule has 0 heterocycles. The summed E-state index contributed by atoms with van der Waals surface area (Å²) in [6.45, 7) is 7.46. The maximum absolute atomic E-state index is 11.8. The van der Waals surface area contributed by atoms with Crippen LogP contribution in [0.15, 0.2) is 24.3 Å². The summed E-state index contributed by atoms with van der Waals surface area (Å²) in [5.74, 6) is 0.0982. The SMILES string of the molecule is CCc1ccc(CCC(=O)NCC(C)(C)CN)cc1. The topological polar surface area (TPSA) is 55.1 Å². The minimum absolute atomic E-state index is 0.0293. The minimum Gasteiger partial charge on any atom is -0.356 e. The van der Waals surface area contributed by atoms with Gasteiger partial charge in [-0.25, -0.2) is 0 Å². The Morgan fingerprint density at radius 3 is 2.32 bits per heavy atom. The van der Waals surface area contributed by atoms with Gasteiger partial charge in [0, 0.05) is 13.0 Å². The van der Waals surface area contributed by atoms with Crippen molar-refractivity contribution in [2.24, 2.45) is 11.1 Å². The number of carbonyl (C=O) groups is 1. The van der Waals surface area contributed by atoms with Gasteiger partial charge in [-0.1, -0.05) is 45.0 Å². The van der Waals surface area contributed by atoms with Gasteiger partial charge in [0.25, 0.3) is 0 Å². The predicted molar refractivity (Wildman–Crippen MR) is 80.0 cm³/mol. The lowest BCUT2D eigenvalue weighted by Crippen LogP contribution is -2.38. The van der Waals surface area contributed by atoms with Crippen molar-refractivity contribution in [2.75, 3.05) is 13.1 Å². The lowest BCUT2D eigenvalue weighted by molar-refractivity contribution is -0.121. The number of hydrogen-bond acceptors (Lipinski definition) is 2. The molecule has 0 unspecified atom stereocenters. The van der Waals surface area contributed by atoms with Crippen LogP contribution in [0.1, 0.15) is 38.3 Å². The second-order valence-electron chi connectivity index (χ2n) is 5.82. The number of aryl methyl sites for hydroxylation is 2. The molecule has 3 N–H and O–H groups in total. The fraction of sp³-hybridized carbons (Fsp3) is 0.562. The maximum atomic E-state index is 11.8. The summed E-state index contributed by atoms with van der Waals surface area (Å²) in [6.07, 6.45) is 2.37. The van der Waals surface area contributed by atoms with Crippen LogP contribution in [-0.2, 0) is 17.6 Å². The molecule has 106 valence electrons. The first kappa shape index (κ1) is 15.7. The van der Waals surface area contributed by atoms with Crippen LogP contribution >= 0.6 is 0 Å². The van der Waals surface area contributed by atoms with Gasteiger partial charge in [-0.3, -0.25) is 4.79 Å². The normalized spacial score (nSPS) is 11.4. The van der Waals surface area contributed by atoms with Crippen molar-refractivity contribution in [3.8, 4) is 0 Å². The Morgan fingerprint density at radius 2 is 1.79 bits per heavy atom. The highest BCUT2D eigenvalue weighted by Crippen LogP contribution is 2.11. The molecule has 0 saturated carbocycles. The van der Waals surface area contributed by atoms with Gasteiger partial charge in [-0.05, 0) is 35.9 Å². The standard InChI is InChI=1S/C16H26N2O/c1-4-13-5-7-14(8-6-13)9-10-15(19)18-12-16(2,3)11-17/h5-8H,4,9-12,17H2,1-3H3,(H,18,19). The molecule has 0 bridgehead atoms. The molecule has 0 spiro atoms. The summed E-state index contributed by atoms with van der Waals surface area (Å²) in [7, 11) is 0. The van der Waals surface area contributed by atoms with Crippen molar-refractivity contribution >= 4 is 5.91 Å². The third-order valence-corrected chi connectivity index (χ3v) is 3.39. The number of nitrogens with one attached hydrogen (secondary N) is 1. The van der Waals surface area contributed by atoms with Gasteiger partial charge in [-0.15, -0.1) is 0 Å². The summed E-state index contributed by atoms with van der Waals surface area (Å²) in [6, 6.07) is 8.47. The number of nitrogens with two attached hydrogens (primary N) is 1. The summed E-state index contributed by atoms with van der Waals surface area (Å²) in [5, 5.41) is 2.95. The zero-order valence-electron chi connectivity index (χ0n) is 12.3. The predicted octanol–water partition coefficient (Wildman–Crippen LogP) is 2.28. The van der Waals surface area contributed by atoms with E-state index in [1.54, 1.807) is 0 Å². The van der Waals surface area contributed by atoms with E-state index in [-0.39, 0.29) is 11.3 Å². The molecule has 0 saturated heterocycles. The molecule has 0 fully saturated rings. The Labute approximate surface area is 116 Å². The summed E-state index contributed by atoms with van der Waals surface area (Å²) in [4.78, 5) is 11.8. The summed E-state index contributed by atoms with van der Waals surface area (Å²) < 4.78 is 0. The first-order valence-electron chi connectivity index (χ1n) is 7.01. The van der Waals surface area contributed by atoms with Gasteiger partial charge in [0.15, 0.2) is 0 Å². The van der Waals surface area contributed by atoms with Crippen LogP contribution in [0, 0.1) is 5.41 Å². The largest absolute Gasteiger partial charge is 0.356 e. The smallest absolute Gasteiger partial charge is 0.220 e. The zero-order chi connectivity index (χ0) is 14.3. The van der Waals surface area contributed by atoms with E-state index in [4.69, 9.17) is 5.73 Å². The van der Waals surface area contributed by atoms with Gasteiger partial charge in [0.1, 0.15) is 0 Å². The zero-order valence-corrected chi connectivity index (χ0v) is 12.3. The van der Waals surface area contributed by atoms with E-state index in [2.05, 4.69) is 50.4 Å². The van der Waals surface area contributed by atoms with Gasteiger partial charge in [0.05, 0.1) is 0 Å². The third-order valence-electron chi connectivity index (χ3n) is 3.39. The van der Waals surface area contributed by atoms with Gasteiger partial charge in [0.2, 0.25) is 5.91 Å². The van der Waals surface area contributed by atoms with Crippen LogP contribution in [0.5, 0.6) is 0 Å². The Morgan fingerprint density at radius 1 is 1.21 bits per heavy atom. The second kappa shape index (κ2) is 7.29. The van der Waals surface area contributed by atoms with Crippen LogP contribution in [0.25, 0.3) is 0 Å². The van der Waals surface area contributed by atoms with E-state index >= 15 is 0 Å². The molecule has 0 radical (unpaired) electrons. The number of carbonyl (C=O) groups excluding carboxylic acids is 1. The quantitative estimate of drug-likeness (QED) is 0.792. The molecule has 1 aromatic rings. The Hall–Kier alpha value is -1.35. The highest BCUT2D eigenvalue weighted by atomic mass is 16.1. The lowest BCUT2D eigenvalue weighted by Gasteiger charge is -2.22. The molecule has 0 aliphatic carbocycles. The number of benzene rings is 1. The fourth-order valence-electron chi connectivity index (χ4n) is 1.70. The lowest BCUT2D eigenvalue weighted by atomic mass is 9.94. The fourth-order valence-corrected chi connectivity index (χ4v) is 1.70. The van der Waals surface area contributed by atoms with Crippen LogP contribution in [0.3, 0.4) is 0 Å². The molecule has 3 nitrogen and oxygen atoms in total. The molecule has 1 amide bonds. The average molecular weight is 262 g/mol. The molecular weight excluding hydrogens is 236 g/mol. The molecule has 1 aromatic carbocycles. The van der Waals surface area contributed by atoms with Crippen LogP contribution in [0.2, 0.25) is 0 Å². The monoisotopic (exact) mass is 262 g/mol. The van der Waals surface area contributed by atoms with Gasteiger partial charge < -0.3 is 11.1 Å². The molecule has 3 heteroatoms. The van der Waals surface area contributed by atoms with E-state index in [0.29, 0.717) is 19.5 Å². The number of amides is 1. The van der Waals surface area contributed by atoms with Crippen LogP contribution in [0.4, 0.5) is 0 Å². The van der Waals surface area contributed by atoms with E-state index < -0.39 is 0 Å². The van der Waals surface area contributed by atoms with Gasteiger partial charge >= 0.3 is 0 Å². The Bertz CT molecular complexity index is 396. The van der Waals surface area contributed by atoms with E-state index in [0.717, 1.165) is 12.8 Å². The van der Waals surface area contributed by atoms with Crippen molar-refractivity contribution in [3.63, 3.8) is 0 Å². The molecular formula is C16H26N2O. The van der Waals surface area contributed by atoms with Crippen molar-refractivity contribution in [2.45, 2.75) is 40.0 Å². The highest BCUT2D eigenvalue weighted by Gasteiger charge is 2.16. The molecule has 1 rings (SSSR count). The van der Waals surface area contributed by atoms with E-state index in [9.17, 15) is 4.79 Å². The van der Waals surface area contributed by atoms with Crippen molar-refractivity contribution < 1.29 is 4.79 Å². The first-order chi connectivity index (χ1) is 8.96. The summed E-state index contributed by atoms with van der Waals surface area (Å²) in [5.41, 5.74) is 8.15. The third kappa shape index (κ3) is 5.88. The first-order valence-corrected chi connectivity index (χ1v) is 7.01. The summed E-state index contributed by atoms with van der Waals surface area (Å²) >= 11 is 0. The highest BCUT2D eigenvalue weighted by molar-refractivity contribution is 5.76. The Balaban J connectivity index is 2.33. The van der Waals surface area contributed by atoms with Crippen molar-refractivity contribution in [3.05, 3.63) is 35.4 Å². The minimum atomic E-state index is -0.0293. The number of rotatable bonds is 7. The van der Waals surface area contributed by atoms with E-state index in [1.807, 2.05) is 0 Å². The molecule has 0 aliphatic rings. The van der Waals surface area contributed by atoms with E-state index in [1.165, 1.54) is 11.1 Å². The molecule has 0 atom stereocenters. The average Bonchev–Trinajstić information content (AvgIpc) is 2.43. The van der Waals surface area contributed by atoms with Gasteiger partial charge in [-0.2, -0.15) is 0 Å². The van der Waals surface area contributed by atoms with Crippen LogP contribution < -0.4 is 11.1 Å². The Kier molecular flexibility index (Phi) is 6.03. The maximum Gasteiger partial charge on any atom is 0.220 e. The number of hydrogen-bond donors (Lipinski definition) is 2. The van der Waals surface area contributed by atoms with Crippen molar-refractivity contribution in [1.82, 2.24) is 5.32 Å². The molecule has 0 aliphatic heterocycles. The second-order valence-corrected chi connectivity index (χ2v) is 5.82. The van der Waals surface area contributed by atoms with Crippen molar-refractivity contribution in [1.29, 1.82) is 0 Å². The molecule has 0 aromatic heterocycles. The molecule has 19 heavy (non-hydrogen) atoms. The van der Waals surface area contributed by atoms with Crippen LogP contribution in [-0.4, -0.2) is 19.0 Å².